The quantitative estimate of drug-likeness (QED) is 0.0747. The van der Waals surface area contributed by atoms with Gasteiger partial charge >= 0.3 is 0 Å². The number of nitrogens with zero attached hydrogens (tertiary/aromatic N) is 4. The molecule has 0 aromatic heterocycles. The fraction of sp³-hybridized carbons (Fsp3) is 0.0417. The minimum atomic E-state index is -0.497. The lowest BCUT2D eigenvalue weighted by Crippen LogP contribution is -2.12. The summed E-state index contributed by atoms with van der Waals surface area (Å²) in [6, 6.07) is 44.9. The number of rotatable bonds is 11. The number of carbonyl (C=O) groups excluding carboxylic acids is 2. The van der Waals surface area contributed by atoms with Crippen LogP contribution in [-0.2, 0) is 11.4 Å². The molecule has 0 saturated heterocycles. The van der Waals surface area contributed by atoms with Crippen LogP contribution in [-0.4, -0.2) is 29.0 Å². The van der Waals surface area contributed by atoms with Gasteiger partial charge in [0.15, 0.2) is 11.5 Å². The van der Waals surface area contributed by atoms with Crippen LogP contribution in [0.25, 0.3) is 32.7 Å². The Balaban J connectivity index is 0.967. The first-order valence-electron chi connectivity index (χ1n) is 18.9. The second-order valence-corrected chi connectivity index (χ2v) is 13.9. The number of para-hydroxylation sites is 3. The van der Waals surface area contributed by atoms with Crippen molar-refractivity contribution in [3.8, 4) is 28.4 Å². The highest BCUT2D eigenvalue weighted by Crippen LogP contribution is 2.44. The van der Waals surface area contributed by atoms with Crippen LogP contribution in [0.15, 0.2) is 172 Å². The average molecular weight is 791 g/mol. The number of hydrogen-bond acceptors (Lipinski definition) is 11. The molecule has 4 N–H and O–H groups in total. The van der Waals surface area contributed by atoms with Crippen molar-refractivity contribution in [2.24, 2.45) is 20.5 Å². The number of ether oxygens (including phenoxy) is 1. The SMILES string of the molecule is COc1ccccc1NOCc1cc2ccccc2c(N=Nc2ccc3c(c2)C(=O)c2cc(N=Nc4c(O)c(C(=O)Nc5ccccc5)cc5ccccc45)ccc2-3)c1O. The van der Waals surface area contributed by atoms with Gasteiger partial charge in [-0.25, -0.2) is 0 Å². The normalized spacial score (nSPS) is 12.0. The van der Waals surface area contributed by atoms with Gasteiger partial charge < -0.3 is 20.3 Å². The summed E-state index contributed by atoms with van der Waals surface area (Å²) in [5, 5.41) is 46.1. The zero-order chi connectivity index (χ0) is 41.2. The Bertz CT molecular complexity index is 3060. The molecule has 0 spiro atoms. The van der Waals surface area contributed by atoms with Gasteiger partial charge in [-0.3, -0.25) is 19.9 Å². The Morgan fingerprint density at radius 2 is 1.17 bits per heavy atom. The number of phenolic OH excluding ortho intramolecular Hbond substituents is 2. The molecule has 1 amide bonds. The molecule has 0 fully saturated rings. The fourth-order valence-corrected chi connectivity index (χ4v) is 7.21. The van der Waals surface area contributed by atoms with Crippen molar-refractivity contribution in [1.29, 1.82) is 0 Å². The Morgan fingerprint density at radius 1 is 0.600 bits per heavy atom. The number of phenols is 2. The van der Waals surface area contributed by atoms with Crippen LogP contribution in [0.2, 0.25) is 0 Å². The maximum absolute atomic E-state index is 13.9. The van der Waals surface area contributed by atoms with E-state index in [4.69, 9.17) is 9.57 Å². The van der Waals surface area contributed by atoms with Crippen LogP contribution < -0.4 is 15.5 Å². The van der Waals surface area contributed by atoms with E-state index in [9.17, 15) is 19.8 Å². The van der Waals surface area contributed by atoms with Crippen molar-refractivity contribution in [2.45, 2.75) is 6.61 Å². The molecule has 0 unspecified atom stereocenters. The summed E-state index contributed by atoms with van der Waals surface area (Å²) in [7, 11) is 1.57. The molecule has 9 rings (SSSR count). The Hall–Kier alpha value is -8.22. The van der Waals surface area contributed by atoms with Crippen LogP contribution in [0.3, 0.4) is 0 Å². The fourth-order valence-electron chi connectivity index (χ4n) is 7.21. The smallest absolute Gasteiger partial charge is 0.259 e. The monoisotopic (exact) mass is 790 g/mol. The zero-order valence-electron chi connectivity index (χ0n) is 32.0. The van der Waals surface area contributed by atoms with E-state index in [-0.39, 0.29) is 40.8 Å². The third kappa shape index (κ3) is 7.14. The number of hydrogen-bond donors (Lipinski definition) is 4. The van der Waals surface area contributed by atoms with E-state index >= 15 is 0 Å². The molecular formula is C48H34N6O6. The maximum atomic E-state index is 13.9. The number of amides is 1. The third-order valence-electron chi connectivity index (χ3n) is 10.2. The summed E-state index contributed by atoms with van der Waals surface area (Å²) < 4.78 is 5.38. The highest BCUT2D eigenvalue weighted by atomic mass is 16.6. The first-order valence-corrected chi connectivity index (χ1v) is 18.9. The van der Waals surface area contributed by atoms with Gasteiger partial charge in [-0.15, -0.1) is 10.2 Å². The van der Waals surface area contributed by atoms with Gasteiger partial charge in [0.2, 0.25) is 0 Å². The molecule has 292 valence electrons. The summed E-state index contributed by atoms with van der Waals surface area (Å²) in [4.78, 5) is 32.9. The van der Waals surface area contributed by atoms with Crippen molar-refractivity contribution in [1.82, 2.24) is 0 Å². The van der Waals surface area contributed by atoms with Crippen molar-refractivity contribution in [3.63, 3.8) is 0 Å². The Kier molecular flexibility index (Phi) is 9.94. The largest absolute Gasteiger partial charge is 0.505 e. The number of aromatic hydroxyl groups is 2. The molecule has 0 atom stereocenters. The van der Waals surface area contributed by atoms with Crippen LogP contribution in [0.5, 0.6) is 17.2 Å². The standard InChI is InChI=1S/C48H34N6O6/c1-59-42-18-10-9-17-41(42)54-60-27-30-23-28-11-5-7-15-34(28)43(45(30)55)52-50-32-19-21-36-37-22-20-33(26-39(37)46(56)38(36)25-32)51-53-44-35-16-8-6-12-29(35)24-40(47(44)57)48(58)49-31-13-3-2-4-14-31/h2-26,54-55,57H,27H2,1H3,(H,49,58). The number of nitrogens with one attached hydrogen (secondary N) is 2. The molecule has 0 bridgehead atoms. The van der Waals surface area contributed by atoms with Gasteiger partial charge in [0.1, 0.15) is 35.2 Å². The lowest BCUT2D eigenvalue weighted by Gasteiger charge is -2.13. The molecule has 0 heterocycles. The molecular weight excluding hydrogens is 757 g/mol. The average Bonchev–Trinajstić information content (AvgIpc) is 3.55. The predicted octanol–water partition coefficient (Wildman–Crippen LogP) is 12.3. The van der Waals surface area contributed by atoms with Crippen molar-refractivity contribution in [2.75, 3.05) is 17.9 Å². The van der Waals surface area contributed by atoms with Crippen LogP contribution in [0.1, 0.15) is 31.8 Å². The van der Waals surface area contributed by atoms with Crippen LogP contribution >= 0.6 is 0 Å². The second kappa shape index (κ2) is 16.0. The minimum absolute atomic E-state index is 0.0143. The van der Waals surface area contributed by atoms with Crippen molar-refractivity contribution < 1.29 is 29.4 Å². The van der Waals surface area contributed by atoms with E-state index in [0.29, 0.717) is 61.3 Å². The van der Waals surface area contributed by atoms with E-state index < -0.39 is 5.91 Å². The molecule has 1 aliphatic rings. The van der Waals surface area contributed by atoms with Crippen LogP contribution in [0.4, 0.5) is 34.1 Å². The summed E-state index contributed by atoms with van der Waals surface area (Å²) in [5.41, 5.74) is 8.13. The van der Waals surface area contributed by atoms with Gasteiger partial charge in [-0.05, 0) is 82.6 Å². The van der Waals surface area contributed by atoms with Crippen molar-refractivity contribution >= 4 is 67.4 Å². The Labute approximate surface area is 343 Å². The highest BCUT2D eigenvalue weighted by molar-refractivity contribution is 6.22. The summed E-state index contributed by atoms with van der Waals surface area (Å²) in [5.74, 6) is -0.523. The van der Waals surface area contributed by atoms with Gasteiger partial charge in [-0.2, -0.15) is 10.2 Å². The van der Waals surface area contributed by atoms with Gasteiger partial charge in [0.05, 0.1) is 24.0 Å². The molecule has 12 heteroatoms. The van der Waals surface area contributed by atoms with Gasteiger partial charge in [-0.1, -0.05) is 91.0 Å². The number of anilines is 2. The molecule has 0 saturated carbocycles. The summed E-state index contributed by atoms with van der Waals surface area (Å²) >= 11 is 0. The number of carbonyl (C=O) groups is 2. The highest BCUT2D eigenvalue weighted by Gasteiger charge is 2.28. The number of ketones is 1. The maximum Gasteiger partial charge on any atom is 0.259 e. The molecule has 60 heavy (non-hydrogen) atoms. The van der Waals surface area contributed by atoms with Crippen LogP contribution in [0, 0.1) is 0 Å². The lowest BCUT2D eigenvalue weighted by molar-refractivity contribution is 0.102. The third-order valence-corrected chi connectivity index (χ3v) is 10.2. The first kappa shape index (κ1) is 37.4. The summed E-state index contributed by atoms with van der Waals surface area (Å²) in [6.07, 6.45) is 0. The second-order valence-electron chi connectivity index (χ2n) is 13.9. The van der Waals surface area contributed by atoms with E-state index in [1.807, 2.05) is 78.9 Å². The van der Waals surface area contributed by atoms with E-state index in [1.54, 1.807) is 79.9 Å². The molecule has 0 aliphatic heterocycles. The minimum Gasteiger partial charge on any atom is -0.505 e. The molecule has 8 aromatic rings. The number of methoxy groups -OCH3 is 1. The van der Waals surface area contributed by atoms with Crippen molar-refractivity contribution in [3.05, 3.63) is 174 Å². The molecule has 1 aliphatic carbocycles. The molecule has 8 aromatic carbocycles. The van der Waals surface area contributed by atoms with E-state index in [0.717, 1.165) is 16.5 Å². The predicted molar refractivity (Wildman–Crippen MR) is 231 cm³/mol. The molecule has 12 nitrogen and oxygen atoms in total. The molecule has 0 radical (unpaired) electrons. The van der Waals surface area contributed by atoms with Gasteiger partial charge in [0.25, 0.3) is 5.91 Å². The Morgan fingerprint density at radius 3 is 1.82 bits per heavy atom. The lowest BCUT2D eigenvalue weighted by atomic mass is 10.0. The number of azo groups is 2. The summed E-state index contributed by atoms with van der Waals surface area (Å²) in [6.45, 7) is 0.0143. The van der Waals surface area contributed by atoms with E-state index in [2.05, 4.69) is 31.3 Å². The zero-order valence-corrected chi connectivity index (χ0v) is 32.0. The first-order chi connectivity index (χ1) is 29.4. The number of benzene rings is 8. The number of fused-ring (bicyclic) bond motifs is 5. The van der Waals surface area contributed by atoms with Gasteiger partial charge in [0, 0.05) is 33.2 Å². The topological polar surface area (TPSA) is 167 Å². The van der Waals surface area contributed by atoms with E-state index in [1.165, 1.54) is 0 Å².